The molecule has 0 aliphatic carbocycles. The van der Waals surface area contributed by atoms with E-state index in [2.05, 4.69) is 10.4 Å². The molecule has 0 bridgehead atoms. The molecule has 0 atom stereocenters. The molecule has 3 aromatic rings. The minimum atomic E-state index is -3.50. The average Bonchev–Trinajstić information content (AvgIpc) is 3.11. The Balaban J connectivity index is 1.34. The van der Waals surface area contributed by atoms with E-state index in [4.69, 9.17) is 0 Å². The van der Waals surface area contributed by atoms with Gasteiger partial charge in [0.15, 0.2) is 0 Å². The van der Waals surface area contributed by atoms with Crippen LogP contribution in [0.1, 0.15) is 5.56 Å². The number of sulfonamides is 1. The smallest absolute Gasteiger partial charge is 0.253 e. The number of para-hydroxylation sites is 2. The van der Waals surface area contributed by atoms with Crippen molar-refractivity contribution in [3.63, 3.8) is 0 Å². The van der Waals surface area contributed by atoms with Crippen LogP contribution in [0.15, 0.2) is 59.8 Å². The van der Waals surface area contributed by atoms with Gasteiger partial charge in [0, 0.05) is 26.2 Å². The molecule has 1 saturated heterocycles. The van der Waals surface area contributed by atoms with Crippen molar-refractivity contribution < 1.29 is 13.2 Å². The summed E-state index contributed by atoms with van der Waals surface area (Å²) < 4.78 is 28.7. The van der Waals surface area contributed by atoms with E-state index in [0.29, 0.717) is 31.1 Å². The number of amides is 1. The van der Waals surface area contributed by atoms with E-state index in [-0.39, 0.29) is 12.5 Å². The molecule has 1 fully saturated rings. The van der Waals surface area contributed by atoms with Crippen molar-refractivity contribution >= 4 is 27.0 Å². The van der Waals surface area contributed by atoms with Crippen molar-refractivity contribution in [2.75, 3.05) is 38.1 Å². The Kier molecular flexibility index (Phi) is 5.35. The second-order valence-corrected chi connectivity index (χ2v) is 9.07. The van der Waals surface area contributed by atoms with Gasteiger partial charge in [-0.2, -0.15) is 4.31 Å². The van der Waals surface area contributed by atoms with E-state index >= 15 is 0 Å². The van der Waals surface area contributed by atoms with Crippen molar-refractivity contribution in [2.45, 2.75) is 11.8 Å². The minimum absolute atomic E-state index is 0.164. The average molecular weight is 414 g/mol. The van der Waals surface area contributed by atoms with Crippen LogP contribution >= 0.6 is 0 Å². The molecular weight excluding hydrogens is 390 g/mol. The molecule has 8 nitrogen and oxygen atoms in total. The number of hydrogen-bond donors (Lipinski definition) is 1. The Labute approximate surface area is 169 Å². The van der Waals surface area contributed by atoms with Crippen LogP contribution in [0, 0.1) is 6.92 Å². The van der Waals surface area contributed by atoms with E-state index in [1.54, 1.807) is 35.3 Å². The predicted molar refractivity (Wildman–Crippen MR) is 110 cm³/mol. The third kappa shape index (κ3) is 4.16. The van der Waals surface area contributed by atoms with E-state index in [9.17, 15) is 13.2 Å². The second-order valence-electron chi connectivity index (χ2n) is 7.13. The molecule has 152 valence electrons. The Hall–Kier alpha value is -2.75. The number of nitrogens with one attached hydrogen (secondary N) is 1. The first kappa shape index (κ1) is 19.6. The van der Waals surface area contributed by atoms with Gasteiger partial charge >= 0.3 is 0 Å². The van der Waals surface area contributed by atoms with Crippen LogP contribution in [0.3, 0.4) is 0 Å². The summed E-state index contributed by atoms with van der Waals surface area (Å²) >= 11 is 0. The van der Waals surface area contributed by atoms with Crippen LogP contribution in [0.4, 0.5) is 0 Å². The number of nitrogens with zero attached hydrogens (tertiary/aromatic N) is 4. The van der Waals surface area contributed by atoms with Crippen LogP contribution in [0.5, 0.6) is 0 Å². The molecular formula is C20H23N5O3S. The molecule has 1 N–H and O–H groups in total. The van der Waals surface area contributed by atoms with E-state index in [0.717, 1.165) is 16.6 Å². The summed E-state index contributed by atoms with van der Waals surface area (Å²) in [6, 6.07) is 14.4. The van der Waals surface area contributed by atoms with Crippen LogP contribution < -0.4 is 5.43 Å². The van der Waals surface area contributed by atoms with Crippen LogP contribution in [0.25, 0.3) is 11.0 Å². The second kappa shape index (κ2) is 7.94. The van der Waals surface area contributed by atoms with Gasteiger partial charge in [0.1, 0.15) is 6.33 Å². The summed E-state index contributed by atoms with van der Waals surface area (Å²) in [6.45, 7) is 3.85. The molecule has 0 spiro atoms. The number of benzene rings is 2. The molecule has 2 heterocycles. The highest BCUT2D eigenvalue weighted by Gasteiger charge is 2.29. The Morgan fingerprint density at radius 3 is 2.45 bits per heavy atom. The Morgan fingerprint density at radius 1 is 1.03 bits per heavy atom. The molecule has 1 aliphatic rings. The largest absolute Gasteiger partial charge is 0.292 e. The van der Waals surface area contributed by atoms with Gasteiger partial charge in [-0.3, -0.25) is 15.1 Å². The maximum absolute atomic E-state index is 12.8. The van der Waals surface area contributed by atoms with Crippen LogP contribution in [-0.4, -0.2) is 65.9 Å². The zero-order valence-corrected chi connectivity index (χ0v) is 17.0. The summed E-state index contributed by atoms with van der Waals surface area (Å²) in [7, 11) is -3.50. The Morgan fingerprint density at radius 2 is 1.72 bits per heavy atom. The van der Waals surface area contributed by atoms with Crippen molar-refractivity contribution in [1.82, 2.24) is 18.9 Å². The number of piperazine rings is 1. The number of carbonyl (C=O) groups is 1. The zero-order valence-electron chi connectivity index (χ0n) is 16.2. The summed E-state index contributed by atoms with van der Waals surface area (Å²) in [6.07, 6.45) is 1.58. The maximum Gasteiger partial charge on any atom is 0.253 e. The van der Waals surface area contributed by atoms with Crippen LogP contribution in [0.2, 0.25) is 0 Å². The molecule has 29 heavy (non-hydrogen) atoms. The lowest BCUT2D eigenvalue weighted by atomic mass is 10.2. The highest BCUT2D eigenvalue weighted by atomic mass is 32.2. The zero-order chi connectivity index (χ0) is 20.4. The van der Waals surface area contributed by atoms with E-state index in [1.807, 2.05) is 36.1 Å². The Bertz CT molecular complexity index is 1120. The quantitative estimate of drug-likeness (QED) is 0.684. The summed E-state index contributed by atoms with van der Waals surface area (Å²) in [4.78, 5) is 18.9. The first-order valence-corrected chi connectivity index (χ1v) is 10.9. The van der Waals surface area contributed by atoms with Gasteiger partial charge in [-0.1, -0.05) is 29.8 Å². The van der Waals surface area contributed by atoms with Gasteiger partial charge in [-0.05, 0) is 31.2 Å². The molecule has 9 heteroatoms. The predicted octanol–water partition coefficient (Wildman–Crippen LogP) is 1.42. The van der Waals surface area contributed by atoms with E-state index < -0.39 is 10.0 Å². The standard InChI is InChI=1S/C20H23N5O3S/c1-16-6-8-17(9-7-16)29(27,28)24-12-10-23(11-13-24)14-20(26)22-25-15-21-18-4-2-3-5-19(18)25/h2-9,15H,10-14H2,1H3,(H,22,26). The minimum Gasteiger partial charge on any atom is -0.292 e. The van der Waals surface area contributed by atoms with Gasteiger partial charge in [-0.25, -0.2) is 18.1 Å². The third-order valence-electron chi connectivity index (χ3n) is 5.06. The highest BCUT2D eigenvalue weighted by Crippen LogP contribution is 2.18. The fourth-order valence-corrected chi connectivity index (χ4v) is 4.83. The van der Waals surface area contributed by atoms with Gasteiger partial charge in [0.2, 0.25) is 10.0 Å². The lowest BCUT2D eigenvalue weighted by Gasteiger charge is -2.33. The maximum atomic E-state index is 12.8. The topological polar surface area (TPSA) is 87.5 Å². The molecule has 1 amide bonds. The monoisotopic (exact) mass is 413 g/mol. The van der Waals surface area contributed by atoms with Gasteiger partial charge < -0.3 is 0 Å². The van der Waals surface area contributed by atoms with Crippen molar-refractivity contribution in [3.05, 3.63) is 60.4 Å². The van der Waals surface area contributed by atoms with Crippen molar-refractivity contribution in [3.8, 4) is 0 Å². The third-order valence-corrected chi connectivity index (χ3v) is 6.97. The van der Waals surface area contributed by atoms with Crippen molar-refractivity contribution in [2.24, 2.45) is 0 Å². The molecule has 0 unspecified atom stereocenters. The molecule has 0 radical (unpaired) electrons. The normalized spacial score (nSPS) is 16.2. The first-order valence-electron chi connectivity index (χ1n) is 9.44. The number of hydrogen-bond acceptors (Lipinski definition) is 5. The fraction of sp³-hybridized carbons (Fsp3) is 0.300. The number of aromatic nitrogens is 2. The highest BCUT2D eigenvalue weighted by molar-refractivity contribution is 7.89. The number of aryl methyl sites for hydroxylation is 1. The summed E-state index contributed by atoms with van der Waals surface area (Å²) in [5.41, 5.74) is 5.48. The molecule has 0 saturated carbocycles. The van der Waals surface area contributed by atoms with Gasteiger partial charge in [0.25, 0.3) is 5.91 Å². The lowest BCUT2D eigenvalue weighted by Crippen LogP contribution is -2.50. The number of fused-ring (bicyclic) bond motifs is 1. The van der Waals surface area contributed by atoms with Gasteiger partial charge in [-0.15, -0.1) is 0 Å². The number of imidazole rings is 1. The fourth-order valence-electron chi connectivity index (χ4n) is 3.41. The van der Waals surface area contributed by atoms with Gasteiger partial charge in [0.05, 0.1) is 22.5 Å². The summed E-state index contributed by atoms with van der Waals surface area (Å²) in [5.74, 6) is -0.164. The lowest BCUT2D eigenvalue weighted by molar-refractivity contribution is -0.118. The molecule has 1 aliphatic heterocycles. The summed E-state index contributed by atoms with van der Waals surface area (Å²) in [5, 5.41) is 0. The van der Waals surface area contributed by atoms with Crippen molar-refractivity contribution in [1.29, 1.82) is 0 Å². The first-order chi connectivity index (χ1) is 13.9. The molecule has 4 rings (SSSR count). The number of carbonyl (C=O) groups excluding carboxylic acids is 1. The van der Waals surface area contributed by atoms with E-state index in [1.165, 1.54) is 4.31 Å². The number of rotatable bonds is 5. The molecule has 2 aromatic carbocycles. The molecule has 1 aromatic heterocycles. The SMILES string of the molecule is Cc1ccc(S(=O)(=O)N2CCN(CC(=O)Nn3cnc4ccccc43)CC2)cc1. The van der Waals surface area contributed by atoms with Crippen LogP contribution in [-0.2, 0) is 14.8 Å².